The molecule has 0 aliphatic rings. The number of nitrogens with one attached hydrogen (secondary N) is 2. The van der Waals surface area contributed by atoms with Gasteiger partial charge in [-0.25, -0.2) is 0 Å². The van der Waals surface area contributed by atoms with Gasteiger partial charge in [-0.05, 0) is 6.32 Å². The molecule has 0 aromatic carbocycles. The highest BCUT2D eigenvalue weighted by Gasteiger charge is 2.07. The lowest BCUT2D eigenvalue weighted by Crippen LogP contribution is -2.45. The average Bonchev–Trinajstić information content (AvgIpc) is 1.88. The molecule has 0 fully saturated rings. The lowest BCUT2D eigenvalue weighted by atomic mass is 9.74. The van der Waals surface area contributed by atoms with E-state index >= 15 is 0 Å². The van der Waals surface area contributed by atoms with Crippen LogP contribution in [0.15, 0.2) is 0 Å². The van der Waals surface area contributed by atoms with Crippen molar-refractivity contribution in [1.29, 1.82) is 0 Å². The molecule has 0 heterocycles. The van der Waals surface area contributed by atoms with Gasteiger partial charge in [0, 0.05) is 0 Å². The summed E-state index contributed by atoms with van der Waals surface area (Å²) in [5.41, 5.74) is 0. The van der Waals surface area contributed by atoms with Crippen LogP contribution in [0.1, 0.15) is 6.92 Å². The molecule has 0 bridgehead atoms. The minimum Gasteiger partial charge on any atom is -0.382 e. The van der Waals surface area contributed by atoms with Crippen molar-refractivity contribution >= 4 is 19.8 Å². The SMILES string of the molecule is CCB(NC=O)NC=O. The van der Waals surface area contributed by atoms with Crippen LogP contribution >= 0.6 is 0 Å². The minimum absolute atomic E-state index is 0.222. The van der Waals surface area contributed by atoms with Crippen molar-refractivity contribution in [2.45, 2.75) is 13.2 Å². The van der Waals surface area contributed by atoms with Crippen LogP contribution in [0.4, 0.5) is 0 Å². The van der Waals surface area contributed by atoms with Crippen LogP contribution in [0.5, 0.6) is 0 Å². The smallest absolute Gasteiger partial charge is 0.373 e. The molecule has 0 rings (SSSR count). The maximum atomic E-state index is 9.78. The molecular weight excluding hydrogens is 119 g/mol. The number of carbonyl (C=O) groups is 2. The predicted molar refractivity (Wildman–Crippen MR) is 34.6 cm³/mol. The molecule has 0 spiro atoms. The average molecular weight is 128 g/mol. The topological polar surface area (TPSA) is 58.2 Å². The van der Waals surface area contributed by atoms with E-state index in [0.717, 1.165) is 0 Å². The molecular formula is C4H9BN2O2. The van der Waals surface area contributed by atoms with Crippen LogP contribution in [-0.2, 0) is 9.59 Å². The fraction of sp³-hybridized carbons (Fsp3) is 0.500. The van der Waals surface area contributed by atoms with Crippen molar-refractivity contribution in [2.75, 3.05) is 0 Å². The van der Waals surface area contributed by atoms with Gasteiger partial charge in [0.2, 0.25) is 0 Å². The van der Waals surface area contributed by atoms with E-state index in [1.807, 2.05) is 6.92 Å². The van der Waals surface area contributed by atoms with Gasteiger partial charge in [0.1, 0.15) is 0 Å². The van der Waals surface area contributed by atoms with Crippen LogP contribution in [0.25, 0.3) is 0 Å². The lowest BCUT2D eigenvalue weighted by molar-refractivity contribution is -0.108. The van der Waals surface area contributed by atoms with E-state index < -0.39 is 0 Å². The van der Waals surface area contributed by atoms with E-state index in [1.165, 1.54) is 0 Å². The predicted octanol–water partition coefficient (Wildman–Crippen LogP) is -1.01. The van der Waals surface area contributed by atoms with Gasteiger partial charge in [-0.15, -0.1) is 0 Å². The third-order valence-corrected chi connectivity index (χ3v) is 0.947. The molecule has 0 saturated carbocycles. The second kappa shape index (κ2) is 5.15. The highest BCUT2D eigenvalue weighted by Crippen LogP contribution is 1.76. The van der Waals surface area contributed by atoms with Crippen molar-refractivity contribution in [3.63, 3.8) is 0 Å². The fourth-order valence-electron chi connectivity index (χ4n) is 0.448. The van der Waals surface area contributed by atoms with E-state index in [9.17, 15) is 9.59 Å². The van der Waals surface area contributed by atoms with Crippen LogP contribution in [-0.4, -0.2) is 19.8 Å². The Hall–Kier alpha value is -0.995. The van der Waals surface area contributed by atoms with Crippen molar-refractivity contribution in [2.24, 2.45) is 0 Å². The molecule has 2 N–H and O–H groups in total. The molecule has 4 nitrogen and oxygen atoms in total. The Labute approximate surface area is 54.1 Å². The Bertz CT molecular complexity index is 88.6. The zero-order chi connectivity index (χ0) is 7.11. The zero-order valence-corrected chi connectivity index (χ0v) is 5.26. The summed E-state index contributed by atoms with van der Waals surface area (Å²) in [5.74, 6) is 0. The number of hydrogen-bond acceptors (Lipinski definition) is 2. The highest BCUT2D eigenvalue weighted by molar-refractivity contribution is 6.57. The third kappa shape index (κ3) is 3.58. The van der Waals surface area contributed by atoms with Crippen LogP contribution in [0, 0.1) is 0 Å². The monoisotopic (exact) mass is 128 g/mol. The number of amides is 2. The van der Waals surface area contributed by atoms with Crippen molar-refractivity contribution in [3.8, 4) is 0 Å². The van der Waals surface area contributed by atoms with Crippen molar-refractivity contribution in [1.82, 2.24) is 10.5 Å². The number of rotatable bonds is 5. The van der Waals surface area contributed by atoms with Crippen molar-refractivity contribution < 1.29 is 9.59 Å². The van der Waals surface area contributed by atoms with E-state index in [2.05, 4.69) is 10.5 Å². The summed E-state index contributed by atoms with van der Waals surface area (Å²) < 4.78 is 0. The largest absolute Gasteiger partial charge is 0.382 e. The molecule has 0 saturated heterocycles. The molecule has 9 heavy (non-hydrogen) atoms. The first-order chi connectivity index (χ1) is 4.35. The van der Waals surface area contributed by atoms with Crippen LogP contribution in [0.3, 0.4) is 0 Å². The number of carbonyl (C=O) groups excluding carboxylic acids is 2. The molecule has 0 aromatic rings. The Morgan fingerprint density at radius 3 is 2.00 bits per heavy atom. The second-order valence-electron chi connectivity index (χ2n) is 1.53. The second-order valence-corrected chi connectivity index (χ2v) is 1.53. The summed E-state index contributed by atoms with van der Waals surface area (Å²) in [6, 6.07) is 0. The Balaban J connectivity index is 3.39. The first-order valence-electron chi connectivity index (χ1n) is 2.74. The standard InChI is InChI=1S/C4H9BN2O2/c1-2-5(6-3-8)7-4-9/h3-4H,2H2,1H3,(H,6,8)(H,7,9). The third-order valence-electron chi connectivity index (χ3n) is 0.947. The molecule has 2 amide bonds. The first kappa shape index (κ1) is 8.00. The molecule has 5 heteroatoms. The summed E-state index contributed by atoms with van der Waals surface area (Å²) in [5, 5.41) is 4.82. The molecule has 0 aromatic heterocycles. The van der Waals surface area contributed by atoms with Gasteiger partial charge in [-0.3, -0.25) is 9.59 Å². The van der Waals surface area contributed by atoms with Gasteiger partial charge in [0.15, 0.2) is 12.8 Å². The van der Waals surface area contributed by atoms with Crippen LogP contribution < -0.4 is 10.5 Å². The van der Waals surface area contributed by atoms with Crippen molar-refractivity contribution in [3.05, 3.63) is 0 Å². The Morgan fingerprint density at radius 1 is 1.33 bits per heavy atom. The maximum absolute atomic E-state index is 9.78. The molecule has 0 unspecified atom stereocenters. The molecule has 0 atom stereocenters. The molecule has 50 valence electrons. The lowest BCUT2D eigenvalue weighted by Gasteiger charge is -2.04. The molecule has 0 aliphatic carbocycles. The molecule has 0 radical (unpaired) electrons. The quantitative estimate of drug-likeness (QED) is 0.368. The van der Waals surface area contributed by atoms with Gasteiger partial charge >= 0.3 is 6.98 Å². The van der Waals surface area contributed by atoms with Gasteiger partial charge in [0.25, 0.3) is 0 Å². The zero-order valence-electron chi connectivity index (χ0n) is 5.26. The van der Waals surface area contributed by atoms with Gasteiger partial charge in [0.05, 0.1) is 0 Å². The number of hydrogen-bond donors (Lipinski definition) is 2. The van der Waals surface area contributed by atoms with E-state index in [-0.39, 0.29) is 6.98 Å². The molecule has 0 aliphatic heterocycles. The first-order valence-corrected chi connectivity index (χ1v) is 2.74. The Morgan fingerprint density at radius 2 is 1.78 bits per heavy atom. The summed E-state index contributed by atoms with van der Waals surface area (Å²) >= 11 is 0. The van der Waals surface area contributed by atoms with Crippen LogP contribution in [0.2, 0.25) is 6.32 Å². The van der Waals surface area contributed by atoms with E-state index in [0.29, 0.717) is 19.1 Å². The summed E-state index contributed by atoms with van der Waals surface area (Å²) in [7, 11) is 0. The minimum atomic E-state index is -0.222. The highest BCUT2D eigenvalue weighted by atomic mass is 16.1. The fourth-order valence-corrected chi connectivity index (χ4v) is 0.448. The normalized spacial score (nSPS) is 7.67. The maximum Gasteiger partial charge on any atom is 0.373 e. The van der Waals surface area contributed by atoms with Gasteiger partial charge in [-0.2, -0.15) is 0 Å². The summed E-state index contributed by atoms with van der Waals surface area (Å²) in [6.07, 6.45) is 1.81. The van der Waals surface area contributed by atoms with E-state index in [4.69, 9.17) is 0 Å². The Kier molecular flexibility index (Phi) is 4.58. The summed E-state index contributed by atoms with van der Waals surface area (Å²) in [4.78, 5) is 19.6. The summed E-state index contributed by atoms with van der Waals surface area (Å²) in [6.45, 7) is 1.64. The van der Waals surface area contributed by atoms with Gasteiger partial charge < -0.3 is 10.5 Å². The van der Waals surface area contributed by atoms with Gasteiger partial charge in [-0.1, -0.05) is 6.92 Å². The van der Waals surface area contributed by atoms with E-state index in [1.54, 1.807) is 0 Å².